The van der Waals surface area contributed by atoms with E-state index in [4.69, 9.17) is 17.5 Å². The molecule has 8 nitrogen and oxygen atoms in total. The third-order valence-corrected chi connectivity index (χ3v) is 8.62. The number of anilines is 1. The van der Waals surface area contributed by atoms with Crippen LogP contribution in [0.2, 0.25) is 0 Å². The number of hydrogen-bond acceptors (Lipinski definition) is 6. The van der Waals surface area contributed by atoms with Gasteiger partial charge in [-0.1, -0.05) is 12.8 Å². The summed E-state index contributed by atoms with van der Waals surface area (Å²) < 4.78 is 65.1. The second-order valence-corrected chi connectivity index (χ2v) is 12.2. The molecule has 2 saturated heterocycles. The standard InChI is InChI=1S/C24H32F3N5O3S2/c1-23(2)21(33)32(19-9-8-18(17-28)20(16-19)24(25,26)27)22(36)31(23)11-7-5-4-6-10-29-12-14-30(15-13-29)37(3,34)35/h8-9,16H,4-7,10-15H2,1-3H3. The van der Waals surface area contributed by atoms with Gasteiger partial charge in [0.1, 0.15) is 5.54 Å². The summed E-state index contributed by atoms with van der Waals surface area (Å²) in [6.07, 6.45) is 0.0587. The zero-order chi connectivity index (χ0) is 27.6. The van der Waals surface area contributed by atoms with E-state index in [0.29, 0.717) is 32.7 Å². The average molecular weight is 560 g/mol. The quantitative estimate of drug-likeness (QED) is 0.338. The van der Waals surface area contributed by atoms with Gasteiger partial charge in [-0.3, -0.25) is 9.69 Å². The molecule has 0 unspecified atom stereocenters. The molecule has 1 aromatic rings. The molecule has 0 atom stereocenters. The first-order valence-corrected chi connectivity index (χ1v) is 14.4. The summed E-state index contributed by atoms with van der Waals surface area (Å²) >= 11 is 5.52. The first-order chi connectivity index (χ1) is 17.2. The number of hydrogen-bond donors (Lipinski definition) is 0. The summed E-state index contributed by atoms with van der Waals surface area (Å²) in [5, 5.41) is 9.20. The molecule has 0 aromatic heterocycles. The maximum Gasteiger partial charge on any atom is 0.417 e. The highest BCUT2D eigenvalue weighted by molar-refractivity contribution is 7.88. The van der Waals surface area contributed by atoms with E-state index >= 15 is 0 Å². The summed E-state index contributed by atoms with van der Waals surface area (Å²) in [5.41, 5.74) is -2.63. The monoisotopic (exact) mass is 559 g/mol. The van der Waals surface area contributed by atoms with E-state index in [-0.39, 0.29) is 10.8 Å². The van der Waals surface area contributed by atoms with Gasteiger partial charge in [-0.05, 0) is 63.7 Å². The van der Waals surface area contributed by atoms with Crippen LogP contribution in [0.1, 0.15) is 50.7 Å². The van der Waals surface area contributed by atoms with Crippen LogP contribution in [-0.2, 0) is 21.0 Å². The highest BCUT2D eigenvalue weighted by atomic mass is 32.2. The molecule has 37 heavy (non-hydrogen) atoms. The van der Waals surface area contributed by atoms with Crippen LogP contribution in [-0.4, -0.2) is 84.6 Å². The maximum atomic E-state index is 13.4. The molecule has 0 aliphatic carbocycles. The Hall–Kier alpha value is -2.27. The van der Waals surface area contributed by atoms with Crippen molar-refractivity contribution in [2.45, 2.75) is 51.2 Å². The predicted molar refractivity (Wildman–Crippen MR) is 138 cm³/mol. The third kappa shape index (κ3) is 6.60. The Bertz CT molecular complexity index is 1170. The summed E-state index contributed by atoms with van der Waals surface area (Å²) in [5.74, 6) is -0.413. The van der Waals surface area contributed by atoms with Gasteiger partial charge in [0, 0.05) is 32.7 Å². The minimum absolute atomic E-state index is 0.00660. The molecular weight excluding hydrogens is 527 g/mol. The summed E-state index contributed by atoms with van der Waals surface area (Å²) in [7, 11) is -3.14. The molecule has 2 aliphatic rings. The Kier molecular flexibility index (Phi) is 8.89. The zero-order valence-corrected chi connectivity index (χ0v) is 22.8. The van der Waals surface area contributed by atoms with E-state index in [1.807, 2.05) is 0 Å². The topological polar surface area (TPSA) is 88.0 Å². The first kappa shape index (κ1) is 29.3. The lowest BCUT2D eigenvalue weighted by molar-refractivity contribution is -0.137. The molecule has 0 bridgehead atoms. The predicted octanol–water partition coefficient (Wildman–Crippen LogP) is 3.43. The van der Waals surface area contributed by atoms with Crippen molar-refractivity contribution in [3.63, 3.8) is 0 Å². The van der Waals surface area contributed by atoms with Crippen molar-refractivity contribution in [1.82, 2.24) is 14.1 Å². The van der Waals surface area contributed by atoms with Crippen molar-refractivity contribution in [3.8, 4) is 6.07 Å². The van der Waals surface area contributed by atoms with Gasteiger partial charge in [0.25, 0.3) is 5.91 Å². The highest BCUT2D eigenvalue weighted by Gasteiger charge is 2.49. The number of amides is 1. The fraction of sp³-hybridized carbons (Fsp3) is 0.625. The second kappa shape index (κ2) is 11.2. The number of thiocarbonyl (C=S) groups is 1. The summed E-state index contributed by atoms with van der Waals surface area (Å²) in [4.78, 5) is 18.3. The first-order valence-electron chi connectivity index (χ1n) is 12.1. The van der Waals surface area contributed by atoms with Crippen LogP contribution in [0.4, 0.5) is 18.9 Å². The number of piperazine rings is 1. The molecule has 3 rings (SSSR count). The fourth-order valence-corrected chi connectivity index (χ4v) is 6.02. The van der Waals surface area contributed by atoms with Crippen molar-refractivity contribution in [1.29, 1.82) is 5.26 Å². The number of rotatable bonds is 9. The smallest absolute Gasteiger partial charge is 0.334 e. The molecule has 2 heterocycles. The van der Waals surface area contributed by atoms with E-state index in [9.17, 15) is 26.4 Å². The lowest BCUT2D eigenvalue weighted by Gasteiger charge is -2.33. The maximum absolute atomic E-state index is 13.4. The number of unbranched alkanes of at least 4 members (excludes halogenated alkanes) is 3. The molecular formula is C24H32F3N5O3S2. The van der Waals surface area contributed by atoms with Gasteiger partial charge in [0.05, 0.1) is 29.1 Å². The van der Waals surface area contributed by atoms with Crippen molar-refractivity contribution in [2.24, 2.45) is 0 Å². The number of sulfonamides is 1. The lowest BCUT2D eigenvalue weighted by atomic mass is 10.0. The molecule has 2 aliphatic heterocycles. The number of halogens is 3. The number of nitrogens with zero attached hydrogens (tertiary/aromatic N) is 5. The molecule has 13 heteroatoms. The normalized spacial score (nSPS) is 19.5. The van der Waals surface area contributed by atoms with Gasteiger partial charge in [-0.25, -0.2) is 8.42 Å². The van der Waals surface area contributed by atoms with E-state index in [0.717, 1.165) is 49.3 Å². The third-order valence-electron chi connectivity index (χ3n) is 6.92. The van der Waals surface area contributed by atoms with Gasteiger partial charge in [0.15, 0.2) is 5.11 Å². The van der Waals surface area contributed by atoms with Crippen LogP contribution in [0.5, 0.6) is 0 Å². The van der Waals surface area contributed by atoms with Crippen LogP contribution < -0.4 is 4.90 Å². The molecule has 0 saturated carbocycles. The van der Waals surface area contributed by atoms with Crippen LogP contribution in [0.15, 0.2) is 18.2 Å². The molecule has 0 spiro atoms. The minimum atomic E-state index is -4.73. The number of carbonyl (C=O) groups is 1. The Morgan fingerprint density at radius 2 is 1.65 bits per heavy atom. The van der Waals surface area contributed by atoms with Gasteiger partial charge in [-0.2, -0.15) is 22.7 Å². The zero-order valence-electron chi connectivity index (χ0n) is 21.2. The highest BCUT2D eigenvalue weighted by Crippen LogP contribution is 2.38. The van der Waals surface area contributed by atoms with Gasteiger partial charge >= 0.3 is 6.18 Å². The SMILES string of the molecule is CC1(C)C(=O)N(c2ccc(C#N)c(C(F)(F)F)c2)C(=S)N1CCCCCCN1CCN(S(C)(=O)=O)CC1. The summed E-state index contributed by atoms with van der Waals surface area (Å²) in [6, 6.07) is 4.72. The van der Waals surface area contributed by atoms with Crippen LogP contribution in [0.25, 0.3) is 0 Å². The van der Waals surface area contributed by atoms with E-state index in [1.54, 1.807) is 24.8 Å². The number of alkyl halides is 3. The molecule has 0 radical (unpaired) electrons. The van der Waals surface area contributed by atoms with Crippen molar-refractivity contribution in [2.75, 3.05) is 50.4 Å². The second-order valence-electron chi connectivity index (χ2n) is 9.89. The largest absolute Gasteiger partial charge is 0.417 e. The van der Waals surface area contributed by atoms with Crippen molar-refractivity contribution >= 4 is 38.9 Å². The Morgan fingerprint density at radius 3 is 2.19 bits per heavy atom. The number of nitriles is 1. The molecule has 1 amide bonds. The lowest BCUT2D eigenvalue weighted by Crippen LogP contribution is -2.48. The molecule has 0 N–H and O–H groups in total. The van der Waals surface area contributed by atoms with E-state index in [2.05, 4.69) is 4.90 Å². The van der Waals surface area contributed by atoms with Crippen molar-refractivity contribution in [3.05, 3.63) is 29.3 Å². The van der Waals surface area contributed by atoms with E-state index in [1.165, 1.54) is 16.6 Å². The van der Waals surface area contributed by atoms with Crippen LogP contribution in [0, 0.1) is 11.3 Å². The number of carbonyl (C=O) groups excluding carboxylic acids is 1. The van der Waals surface area contributed by atoms with Crippen LogP contribution in [0.3, 0.4) is 0 Å². The molecule has 204 valence electrons. The van der Waals surface area contributed by atoms with Crippen molar-refractivity contribution < 1.29 is 26.4 Å². The van der Waals surface area contributed by atoms with Gasteiger partial charge < -0.3 is 9.80 Å². The number of benzene rings is 1. The van der Waals surface area contributed by atoms with Gasteiger partial charge in [0.2, 0.25) is 10.0 Å². The van der Waals surface area contributed by atoms with E-state index < -0.39 is 38.8 Å². The fourth-order valence-electron chi connectivity index (χ4n) is 4.69. The average Bonchev–Trinajstić information content (AvgIpc) is 2.98. The van der Waals surface area contributed by atoms with Crippen LogP contribution >= 0.6 is 12.2 Å². The Balaban J connectivity index is 1.53. The Morgan fingerprint density at radius 1 is 1.05 bits per heavy atom. The Labute approximate surface area is 221 Å². The molecule has 2 fully saturated rings. The summed E-state index contributed by atoms with van der Waals surface area (Å²) in [6.45, 7) is 7.22. The molecule has 1 aromatic carbocycles. The van der Waals surface area contributed by atoms with Gasteiger partial charge in [-0.15, -0.1) is 0 Å². The minimum Gasteiger partial charge on any atom is -0.334 e.